The molecule has 0 saturated heterocycles. The standard InChI is InChI=1S/C16H11BrN2O2/c17-12-3-1-11(2-4-12)14(7-8-18)19-13-5-6-15-16(9-13)21-10-20-15/h1-7,9,19H,10H2/b14-7-. The second kappa shape index (κ2) is 5.90. The molecule has 2 aromatic carbocycles. The number of nitriles is 1. The lowest BCUT2D eigenvalue weighted by molar-refractivity contribution is 0.174. The Labute approximate surface area is 130 Å². The first-order valence-electron chi connectivity index (χ1n) is 6.28. The van der Waals surface area contributed by atoms with Crippen molar-refractivity contribution < 1.29 is 9.47 Å². The molecule has 4 nitrogen and oxygen atoms in total. The number of nitrogens with one attached hydrogen (secondary N) is 1. The molecule has 0 aliphatic carbocycles. The highest BCUT2D eigenvalue weighted by atomic mass is 79.9. The second-order valence-electron chi connectivity index (χ2n) is 4.39. The molecule has 1 N–H and O–H groups in total. The van der Waals surface area contributed by atoms with Gasteiger partial charge in [0.25, 0.3) is 0 Å². The van der Waals surface area contributed by atoms with E-state index in [4.69, 9.17) is 14.7 Å². The molecule has 0 fully saturated rings. The van der Waals surface area contributed by atoms with Gasteiger partial charge in [-0.25, -0.2) is 0 Å². The summed E-state index contributed by atoms with van der Waals surface area (Å²) < 4.78 is 11.6. The van der Waals surface area contributed by atoms with Crippen LogP contribution in [0.15, 0.2) is 53.0 Å². The summed E-state index contributed by atoms with van der Waals surface area (Å²) >= 11 is 3.40. The molecule has 0 bridgehead atoms. The van der Waals surface area contributed by atoms with Crippen molar-refractivity contribution >= 4 is 27.3 Å². The Hall–Kier alpha value is -2.45. The van der Waals surface area contributed by atoms with E-state index in [1.165, 1.54) is 6.08 Å². The largest absolute Gasteiger partial charge is 0.454 e. The van der Waals surface area contributed by atoms with Crippen LogP contribution in [0.25, 0.3) is 5.70 Å². The first-order chi connectivity index (χ1) is 10.3. The maximum atomic E-state index is 8.97. The summed E-state index contributed by atoms with van der Waals surface area (Å²) in [5, 5.41) is 12.2. The average Bonchev–Trinajstić information content (AvgIpc) is 2.95. The van der Waals surface area contributed by atoms with E-state index < -0.39 is 0 Å². The van der Waals surface area contributed by atoms with Crippen LogP contribution in [0.2, 0.25) is 0 Å². The molecule has 0 radical (unpaired) electrons. The van der Waals surface area contributed by atoms with Crippen molar-refractivity contribution in [1.82, 2.24) is 0 Å². The number of hydrogen-bond acceptors (Lipinski definition) is 4. The summed E-state index contributed by atoms with van der Waals surface area (Å²) in [5.74, 6) is 1.43. The third kappa shape index (κ3) is 3.01. The number of halogens is 1. The van der Waals surface area contributed by atoms with Crippen molar-refractivity contribution in [2.24, 2.45) is 0 Å². The summed E-state index contributed by atoms with van der Waals surface area (Å²) in [5.41, 5.74) is 2.49. The Kier molecular flexibility index (Phi) is 3.80. The molecule has 0 unspecified atom stereocenters. The fourth-order valence-electron chi connectivity index (χ4n) is 2.02. The Morgan fingerprint density at radius 1 is 1.14 bits per heavy atom. The van der Waals surface area contributed by atoms with Gasteiger partial charge >= 0.3 is 0 Å². The molecule has 2 aromatic rings. The molecular weight excluding hydrogens is 332 g/mol. The number of anilines is 1. The molecule has 0 aromatic heterocycles. The van der Waals surface area contributed by atoms with Crippen molar-refractivity contribution in [3.63, 3.8) is 0 Å². The van der Waals surface area contributed by atoms with Gasteiger partial charge in [0, 0.05) is 22.3 Å². The second-order valence-corrected chi connectivity index (χ2v) is 5.30. The summed E-state index contributed by atoms with van der Waals surface area (Å²) in [6.07, 6.45) is 1.48. The highest BCUT2D eigenvalue weighted by Gasteiger charge is 2.13. The van der Waals surface area contributed by atoms with E-state index in [-0.39, 0.29) is 6.79 Å². The van der Waals surface area contributed by atoms with Crippen LogP contribution in [0.3, 0.4) is 0 Å². The Balaban J connectivity index is 1.88. The number of nitrogens with zero attached hydrogens (tertiary/aromatic N) is 1. The zero-order chi connectivity index (χ0) is 14.7. The predicted molar refractivity (Wildman–Crippen MR) is 83.9 cm³/mol. The Bertz CT molecular complexity index is 733. The van der Waals surface area contributed by atoms with E-state index in [9.17, 15) is 0 Å². The van der Waals surface area contributed by atoms with E-state index >= 15 is 0 Å². The van der Waals surface area contributed by atoms with E-state index in [1.807, 2.05) is 42.5 Å². The third-order valence-electron chi connectivity index (χ3n) is 3.02. The van der Waals surface area contributed by atoms with Crippen LogP contribution in [0.5, 0.6) is 11.5 Å². The van der Waals surface area contributed by atoms with Gasteiger partial charge in [-0.1, -0.05) is 28.1 Å². The highest BCUT2D eigenvalue weighted by Crippen LogP contribution is 2.35. The molecule has 0 saturated carbocycles. The van der Waals surface area contributed by atoms with Crippen LogP contribution >= 0.6 is 15.9 Å². The number of allylic oxidation sites excluding steroid dienone is 1. The van der Waals surface area contributed by atoms with Gasteiger partial charge < -0.3 is 14.8 Å². The van der Waals surface area contributed by atoms with Crippen LogP contribution in [0, 0.1) is 11.3 Å². The van der Waals surface area contributed by atoms with Crippen molar-refractivity contribution in [3.8, 4) is 17.6 Å². The molecule has 1 aliphatic rings. The van der Waals surface area contributed by atoms with Crippen LogP contribution < -0.4 is 14.8 Å². The van der Waals surface area contributed by atoms with Crippen molar-refractivity contribution in [1.29, 1.82) is 5.26 Å². The normalized spacial score (nSPS) is 12.9. The van der Waals surface area contributed by atoms with E-state index in [0.29, 0.717) is 5.75 Å². The minimum Gasteiger partial charge on any atom is -0.454 e. The monoisotopic (exact) mass is 342 g/mol. The first kappa shape index (κ1) is 13.5. The molecule has 0 spiro atoms. The van der Waals surface area contributed by atoms with E-state index in [1.54, 1.807) is 0 Å². The van der Waals surface area contributed by atoms with Crippen LogP contribution in [0.4, 0.5) is 5.69 Å². The molecule has 0 amide bonds. The summed E-state index contributed by atoms with van der Waals surface area (Å²) in [6.45, 7) is 0.242. The van der Waals surface area contributed by atoms with Crippen molar-refractivity contribution in [2.75, 3.05) is 12.1 Å². The Morgan fingerprint density at radius 3 is 2.67 bits per heavy atom. The summed E-state index contributed by atoms with van der Waals surface area (Å²) in [7, 11) is 0. The molecule has 1 heterocycles. The fourth-order valence-corrected chi connectivity index (χ4v) is 2.28. The molecule has 1 aliphatic heterocycles. The lowest BCUT2D eigenvalue weighted by Gasteiger charge is -2.11. The third-order valence-corrected chi connectivity index (χ3v) is 3.54. The van der Waals surface area contributed by atoms with Crippen LogP contribution in [-0.2, 0) is 0 Å². The molecule has 5 heteroatoms. The van der Waals surface area contributed by atoms with Gasteiger partial charge in [-0.15, -0.1) is 0 Å². The van der Waals surface area contributed by atoms with Crippen molar-refractivity contribution in [3.05, 3.63) is 58.6 Å². The fraction of sp³-hybridized carbons (Fsp3) is 0.0625. The molecule has 104 valence electrons. The molecule has 0 atom stereocenters. The first-order valence-corrected chi connectivity index (χ1v) is 7.08. The maximum absolute atomic E-state index is 8.97. The van der Waals surface area contributed by atoms with Crippen LogP contribution in [0.1, 0.15) is 5.56 Å². The lowest BCUT2D eigenvalue weighted by Crippen LogP contribution is -1.98. The van der Waals surface area contributed by atoms with Gasteiger partial charge in [0.15, 0.2) is 11.5 Å². The SMILES string of the molecule is N#C/C=C(\Nc1ccc2c(c1)OCO2)c1ccc(Br)cc1. The van der Waals surface area contributed by atoms with Gasteiger partial charge in [-0.3, -0.25) is 0 Å². The summed E-state index contributed by atoms with van der Waals surface area (Å²) in [4.78, 5) is 0. The number of fused-ring (bicyclic) bond motifs is 1. The number of rotatable bonds is 3. The van der Waals surface area contributed by atoms with E-state index in [2.05, 4.69) is 27.3 Å². The van der Waals surface area contributed by atoms with Crippen molar-refractivity contribution in [2.45, 2.75) is 0 Å². The minimum absolute atomic E-state index is 0.242. The smallest absolute Gasteiger partial charge is 0.231 e. The number of hydrogen-bond donors (Lipinski definition) is 1. The van der Waals surface area contributed by atoms with Crippen LogP contribution in [-0.4, -0.2) is 6.79 Å². The average molecular weight is 343 g/mol. The van der Waals surface area contributed by atoms with E-state index in [0.717, 1.165) is 27.2 Å². The van der Waals surface area contributed by atoms with Gasteiger partial charge in [0.2, 0.25) is 6.79 Å². The zero-order valence-corrected chi connectivity index (χ0v) is 12.6. The minimum atomic E-state index is 0.242. The zero-order valence-electron chi connectivity index (χ0n) is 11.0. The highest BCUT2D eigenvalue weighted by molar-refractivity contribution is 9.10. The molecule has 21 heavy (non-hydrogen) atoms. The topological polar surface area (TPSA) is 54.3 Å². The van der Waals surface area contributed by atoms with Gasteiger partial charge in [-0.05, 0) is 29.8 Å². The number of benzene rings is 2. The predicted octanol–water partition coefficient (Wildman–Crippen LogP) is 4.15. The maximum Gasteiger partial charge on any atom is 0.231 e. The van der Waals surface area contributed by atoms with Gasteiger partial charge in [0.05, 0.1) is 11.8 Å². The molecular formula is C16H11BrN2O2. The lowest BCUT2D eigenvalue weighted by atomic mass is 10.1. The Morgan fingerprint density at radius 2 is 1.90 bits per heavy atom. The quantitative estimate of drug-likeness (QED) is 0.851. The number of ether oxygens (including phenoxy) is 2. The summed E-state index contributed by atoms with van der Waals surface area (Å²) in [6, 6.07) is 15.4. The van der Waals surface area contributed by atoms with Gasteiger partial charge in [0.1, 0.15) is 0 Å². The van der Waals surface area contributed by atoms with Gasteiger partial charge in [-0.2, -0.15) is 5.26 Å². The molecule has 3 rings (SSSR count).